The summed E-state index contributed by atoms with van der Waals surface area (Å²) >= 11 is 6.34. The van der Waals surface area contributed by atoms with Crippen molar-refractivity contribution in [2.45, 2.75) is 31.4 Å². The summed E-state index contributed by atoms with van der Waals surface area (Å²) in [5.41, 5.74) is 7.90. The van der Waals surface area contributed by atoms with E-state index in [-0.39, 0.29) is 19.0 Å². The molecule has 0 radical (unpaired) electrons. The van der Waals surface area contributed by atoms with Crippen molar-refractivity contribution in [2.75, 3.05) is 0 Å². The largest absolute Gasteiger partial charge is 0.482 e. The number of ether oxygens (including phenoxy) is 1. The van der Waals surface area contributed by atoms with Gasteiger partial charge in [0.1, 0.15) is 5.75 Å². The molecule has 0 spiro atoms. The molecule has 136 valence electrons. The van der Waals surface area contributed by atoms with Gasteiger partial charge in [0.15, 0.2) is 12.4 Å². The molecule has 5 nitrogen and oxygen atoms in total. The van der Waals surface area contributed by atoms with Gasteiger partial charge < -0.3 is 15.0 Å². The molecule has 1 fully saturated rings. The monoisotopic (exact) mass is 391 g/mol. The molecule has 2 N–H and O–H groups in total. The lowest BCUT2D eigenvalue weighted by Crippen LogP contribution is -2.44. The van der Waals surface area contributed by atoms with Crippen LogP contribution in [0.2, 0.25) is 5.02 Å². The van der Waals surface area contributed by atoms with E-state index >= 15 is 0 Å². The molecule has 1 aliphatic rings. The fraction of sp³-hybridized carbons (Fsp3) is 0.263. The maximum Gasteiger partial charge on any atom is 0.264 e. The highest BCUT2D eigenvalue weighted by molar-refractivity contribution is 6.32. The standard InChI is InChI=1S/C19H18ClN3O2.ClH/c20-15-11-14(13-5-2-1-3-6-13)7-8-16(15)24-12-17-22-18(23-25-17)19(21)9-4-10-19;/h1-3,5-8,11H,4,9-10,12,21H2;1H. The van der Waals surface area contributed by atoms with E-state index in [0.29, 0.717) is 22.5 Å². The highest BCUT2D eigenvalue weighted by Crippen LogP contribution is 2.37. The summed E-state index contributed by atoms with van der Waals surface area (Å²) in [5, 5.41) is 4.51. The highest BCUT2D eigenvalue weighted by Gasteiger charge is 2.39. The highest BCUT2D eigenvalue weighted by atomic mass is 35.5. The predicted octanol–water partition coefficient (Wildman–Crippen LogP) is 4.73. The van der Waals surface area contributed by atoms with Crippen LogP contribution >= 0.6 is 24.0 Å². The van der Waals surface area contributed by atoms with Crippen LogP contribution in [0.4, 0.5) is 0 Å². The smallest absolute Gasteiger partial charge is 0.264 e. The van der Waals surface area contributed by atoms with Gasteiger partial charge in [-0.1, -0.05) is 53.2 Å². The average molecular weight is 392 g/mol. The van der Waals surface area contributed by atoms with Crippen LogP contribution in [0.25, 0.3) is 11.1 Å². The van der Waals surface area contributed by atoms with Crippen LogP contribution in [0, 0.1) is 0 Å². The second-order valence-corrected chi connectivity index (χ2v) is 6.73. The van der Waals surface area contributed by atoms with Gasteiger partial charge in [-0.3, -0.25) is 0 Å². The van der Waals surface area contributed by atoms with E-state index in [2.05, 4.69) is 10.1 Å². The fourth-order valence-corrected chi connectivity index (χ4v) is 3.10. The first kappa shape index (κ1) is 18.7. The van der Waals surface area contributed by atoms with Crippen molar-refractivity contribution in [3.05, 3.63) is 65.3 Å². The number of hydrogen-bond donors (Lipinski definition) is 1. The van der Waals surface area contributed by atoms with Crippen LogP contribution in [0.15, 0.2) is 53.1 Å². The molecule has 3 aromatic rings. The Balaban J connectivity index is 0.00000196. The van der Waals surface area contributed by atoms with Gasteiger partial charge >= 0.3 is 0 Å². The molecule has 1 saturated carbocycles. The third kappa shape index (κ3) is 3.70. The minimum absolute atomic E-state index is 0. The Morgan fingerprint density at radius 3 is 2.54 bits per heavy atom. The van der Waals surface area contributed by atoms with E-state index in [0.717, 1.165) is 30.4 Å². The van der Waals surface area contributed by atoms with Gasteiger partial charge in [0.25, 0.3) is 5.89 Å². The Labute approximate surface area is 162 Å². The van der Waals surface area contributed by atoms with Crippen molar-refractivity contribution in [3.63, 3.8) is 0 Å². The van der Waals surface area contributed by atoms with Gasteiger partial charge in [-0.15, -0.1) is 12.4 Å². The molecule has 0 amide bonds. The predicted molar refractivity (Wildman–Crippen MR) is 102 cm³/mol. The molecule has 0 saturated heterocycles. The normalized spacial score (nSPS) is 15.0. The van der Waals surface area contributed by atoms with Crippen molar-refractivity contribution in [3.8, 4) is 16.9 Å². The van der Waals surface area contributed by atoms with Crippen molar-refractivity contribution >= 4 is 24.0 Å². The molecule has 4 rings (SSSR count). The summed E-state index contributed by atoms with van der Waals surface area (Å²) in [4.78, 5) is 4.34. The van der Waals surface area contributed by atoms with Gasteiger partial charge in [0, 0.05) is 0 Å². The van der Waals surface area contributed by atoms with Crippen molar-refractivity contribution in [1.29, 1.82) is 0 Å². The Hall–Kier alpha value is -2.08. The van der Waals surface area contributed by atoms with Gasteiger partial charge in [-0.25, -0.2) is 0 Å². The van der Waals surface area contributed by atoms with Gasteiger partial charge in [-0.2, -0.15) is 4.98 Å². The first-order valence-corrected chi connectivity index (χ1v) is 8.62. The summed E-state index contributed by atoms with van der Waals surface area (Å²) in [6, 6.07) is 15.7. The summed E-state index contributed by atoms with van der Waals surface area (Å²) in [5.74, 6) is 1.53. The van der Waals surface area contributed by atoms with E-state index in [4.69, 9.17) is 26.6 Å². The van der Waals surface area contributed by atoms with Crippen LogP contribution in [0.1, 0.15) is 31.0 Å². The molecule has 26 heavy (non-hydrogen) atoms. The maximum atomic E-state index is 6.34. The molecule has 0 bridgehead atoms. The minimum Gasteiger partial charge on any atom is -0.482 e. The van der Waals surface area contributed by atoms with E-state index < -0.39 is 5.54 Å². The average Bonchev–Trinajstić information content (AvgIpc) is 3.08. The number of halogens is 2. The second kappa shape index (κ2) is 7.66. The van der Waals surface area contributed by atoms with Crippen molar-refractivity contribution in [1.82, 2.24) is 10.1 Å². The molecule has 2 aromatic carbocycles. The molecule has 0 unspecified atom stereocenters. The first-order valence-electron chi connectivity index (χ1n) is 8.24. The fourth-order valence-electron chi connectivity index (χ4n) is 2.86. The van der Waals surface area contributed by atoms with E-state index in [1.54, 1.807) is 0 Å². The van der Waals surface area contributed by atoms with E-state index in [1.807, 2.05) is 48.5 Å². The zero-order valence-corrected chi connectivity index (χ0v) is 15.6. The lowest BCUT2D eigenvalue weighted by Gasteiger charge is -2.34. The molecular weight excluding hydrogens is 373 g/mol. The molecule has 7 heteroatoms. The lowest BCUT2D eigenvalue weighted by atomic mass is 9.77. The van der Waals surface area contributed by atoms with Crippen molar-refractivity contribution in [2.24, 2.45) is 5.73 Å². The van der Waals surface area contributed by atoms with Gasteiger partial charge in [0.05, 0.1) is 10.6 Å². The third-order valence-electron chi connectivity index (χ3n) is 4.55. The van der Waals surface area contributed by atoms with E-state index in [9.17, 15) is 0 Å². The number of benzene rings is 2. The number of nitrogens with zero attached hydrogens (tertiary/aromatic N) is 2. The Bertz CT molecular complexity index is 880. The van der Waals surface area contributed by atoms with Crippen molar-refractivity contribution < 1.29 is 9.26 Å². The minimum atomic E-state index is -0.434. The maximum absolute atomic E-state index is 6.34. The Morgan fingerprint density at radius 1 is 1.12 bits per heavy atom. The van der Waals surface area contributed by atoms with Crippen LogP contribution in [0.3, 0.4) is 0 Å². The molecule has 1 heterocycles. The van der Waals surface area contributed by atoms with Crippen LogP contribution in [0.5, 0.6) is 5.75 Å². The van der Waals surface area contributed by atoms with Crippen LogP contribution < -0.4 is 10.5 Å². The molecule has 1 aliphatic carbocycles. The van der Waals surface area contributed by atoms with Gasteiger partial charge in [-0.05, 0) is 42.5 Å². The van der Waals surface area contributed by atoms with Crippen LogP contribution in [-0.2, 0) is 12.1 Å². The van der Waals surface area contributed by atoms with E-state index in [1.165, 1.54) is 0 Å². The summed E-state index contributed by atoms with van der Waals surface area (Å²) < 4.78 is 11.0. The van der Waals surface area contributed by atoms with Crippen LogP contribution in [-0.4, -0.2) is 10.1 Å². The molecule has 0 atom stereocenters. The Kier molecular flexibility index (Phi) is 5.51. The number of aromatic nitrogens is 2. The topological polar surface area (TPSA) is 74.2 Å². The quantitative estimate of drug-likeness (QED) is 0.680. The second-order valence-electron chi connectivity index (χ2n) is 6.32. The first-order chi connectivity index (χ1) is 12.1. The zero-order valence-electron chi connectivity index (χ0n) is 14.0. The summed E-state index contributed by atoms with van der Waals surface area (Å²) in [7, 11) is 0. The SMILES string of the molecule is Cl.NC1(c2noc(COc3ccc(-c4ccccc4)cc3Cl)n2)CCC1. The molecule has 0 aliphatic heterocycles. The summed E-state index contributed by atoms with van der Waals surface area (Å²) in [6.07, 6.45) is 2.87. The lowest BCUT2D eigenvalue weighted by molar-refractivity contribution is 0.223. The van der Waals surface area contributed by atoms with Gasteiger partial charge in [0.2, 0.25) is 0 Å². The zero-order chi connectivity index (χ0) is 17.3. The number of nitrogens with two attached hydrogens (primary N) is 1. The Morgan fingerprint density at radius 2 is 1.88 bits per heavy atom. The summed E-state index contributed by atoms with van der Waals surface area (Å²) in [6.45, 7) is 0.160. The number of hydrogen-bond acceptors (Lipinski definition) is 5. The number of rotatable bonds is 5. The third-order valence-corrected chi connectivity index (χ3v) is 4.84. The molecule has 1 aromatic heterocycles. The molecular formula is C19H19Cl2N3O2.